The van der Waals surface area contributed by atoms with Gasteiger partial charge in [0.25, 0.3) is 0 Å². The van der Waals surface area contributed by atoms with Gasteiger partial charge in [-0.25, -0.2) is 0 Å². The summed E-state index contributed by atoms with van der Waals surface area (Å²) in [5.41, 5.74) is -0.903. The molecule has 0 aromatic heterocycles. The van der Waals surface area contributed by atoms with Gasteiger partial charge in [0, 0.05) is 0 Å². The fourth-order valence-electron chi connectivity index (χ4n) is 3.94. The Morgan fingerprint density at radius 3 is 1.93 bits per heavy atom. The van der Waals surface area contributed by atoms with Crippen molar-refractivity contribution in [2.75, 3.05) is 37.0 Å². The van der Waals surface area contributed by atoms with Crippen LogP contribution in [0.1, 0.15) is 41.5 Å². The van der Waals surface area contributed by atoms with Crippen LogP contribution in [-0.2, 0) is 4.74 Å². The van der Waals surface area contributed by atoms with E-state index in [1.54, 1.807) is 6.92 Å². The molecule has 29 heavy (non-hydrogen) atoms. The van der Waals surface area contributed by atoms with E-state index in [0.717, 1.165) is 30.3 Å². The number of aliphatic hydroxyl groups is 2. The van der Waals surface area contributed by atoms with Crippen LogP contribution < -0.4 is 0 Å². The fraction of sp³-hybridized carbons (Fsp3) is 0.773. The summed E-state index contributed by atoms with van der Waals surface area (Å²) in [5, 5.41) is 20.8. The standard InChI is InChI=1S/C22H44BO3P3/c1-12-27(8,9)15-29(11,16-28(10,13-2)14-3)21(5,6)26-18-17(4)19(23)22(7,25)20(18)24/h18-20,24-25H,4,8,10-16H2,1-3,5-7,9H3/t18-,19+,20+,22-,27?,29?/m0/s1. The van der Waals surface area contributed by atoms with Crippen LogP contribution in [0.25, 0.3) is 0 Å². The minimum atomic E-state index is -1.91. The Bertz CT molecular complexity index is 748. The molecule has 2 unspecified atom stereocenters. The van der Waals surface area contributed by atoms with Crippen molar-refractivity contribution in [2.24, 2.45) is 0 Å². The number of aliphatic hydroxyl groups excluding tert-OH is 1. The molecular weight excluding hydrogens is 416 g/mol. The smallest absolute Gasteiger partial charge is 0.112 e. The zero-order chi connectivity index (χ0) is 23.1. The maximum Gasteiger partial charge on any atom is 0.112 e. The second-order valence-corrected chi connectivity index (χ2v) is 23.5. The molecule has 0 heterocycles. The molecule has 0 aromatic rings. The maximum absolute atomic E-state index is 10.8. The SMILES string of the molecule is [B][C@@H]1C(=C)[C@H](OC(C)(C)P(=C)(CP(=C)(C)CC)CP(=C)(CC)CC)[C@@H](O)[C@@]1(C)O. The van der Waals surface area contributed by atoms with Crippen LogP contribution in [0, 0.1) is 0 Å². The van der Waals surface area contributed by atoms with Crippen LogP contribution in [0.4, 0.5) is 0 Å². The lowest BCUT2D eigenvalue weighted by atomic mass is 9.74. The lowest BCUT2D eigenvalue weighted by molar-refractivity contribution is -0.112. The minimum Gasteiger partial charge on any atom is -0.388 e. The minimum absolute atomic E-state index is 0.548. The number of hydrogen-bond acceptors (Lipinski definition) is 3. The second kappa shape index (κ2) is 9.21. The van der Waals surface area contributed by atoms with Gasteiger partial charge in [0.2, 0.25) is 0 Å². The number of ether oxygens (including phenoxy) is 1. The predicted octanol–water partition coefficient (Wildman–Crippen LogP) is 4.70. The highest BCUT2D eigenvalue weighted by molar-refractivity contribution is 7.96. The summed E-state index contributed by atoms with van der Waals surface area (Å²) < 4.78 is 6.60. The highest BCUT2D eigenvalue weighted by Gasteiger charge is 2.53. The normalized spacial score (nSPS) is 32.7. The van der Waals surface area contributed by atoms with Crippen molar-refractivity contribution in [1.29, 1.82) is 0 Å². The van der Waals surface area contributed by atoms with Gasteiger partial charge in [0.1, 0.15) is 12.2 Å². The van der Waals surface area contributed by atoms with Gasteiger partial charge in [-0.15, -0.1) is 26.4 Å². The lowest BCUT2D eigenvalue weighted by Gasteiger charge is -2.47. The molecule has 0 amide bonds. The molecule has 0 aliphatic heterocycles. The summed E-state index contributed by atoms with van der Waals surface area (Å²) in [4.78, 5) is 0. The van der Waals surface area contributed by atoms with E-state index in [-0.39, 0.29) is 0 Å². The first-order valence-corrected chi connectivity index (χ1v) is 18.2. The van der Waals surface area contributed by atoms with Gasteiger partial charge in [-0.2, -0.15) is 0 Å². The zero-order valence-corrected chi connectivity index (χ0v) is 22.5. The summed E-state index contributed by atoms with van der Waals surface area (Å²) in [6.45, 7) is 14.1. The van der Waals surface area contributed by atoms with E-state index in [1.165, 1.54) is 0 Å². The molecule has 0 aromatic carbocycles. The number of hydrogen-bond donors (Lipinski definition) is 2. The molecule has 3 nitrogen and oxygen atoms in total. The third-order valence-corrected chi connectivity index (χ3v) is 23.2. The average Bonchev–Trinajstić information content (AvgIpc) is 2.75. The Hall–Kier alpha value is 0.585. The molecule has 0 bridgehead atoms. The quantitative estimate of drug-likeness (QED) is 0.282. The van der Waals surface area contributed by atoms with Crippen molar-refractivity contribution in [1.82, 2.24) is 0 Å². The molecule has 168 valence electrons. The summed E-state index contributed by atoms with van der Waals surface area (Å²) in [7, 11) is 6.13. The third kappa shape index (κ3) is 5.69. The molecule has 1 saturated carbocycles. The largest absolute Gasteiger partial charge is 0.388 e. The Morgan fingerprint density at radius 2 is 1.59 bits per heavy atom. The van der Waals surface area contributed by atoms with Gasteiger partial charge < -0.3 is 14.9 Å². The average molecular weight is 460 g/mol. The summed E-state index contributed by atoms with van der Waals surface area (Å²) in [6.07, 6.45) is 15.5. The Labute approximate surface area is 182 Å². The molecular formula is C22H44BO3P3. The first-order valence-electron chi connectivity index (χ1n) is 10.6. The van der Waals surface area contributed by atoms with E-state index >= 15 is 0 Å². The molecule has 1 rings (SSSR count). The maximum atomic E-state index is 10.8. The molecule has 1 aliphatic rings. The molecule has 7 heteroatoms. The highest BCUT2D eigenvalue weighted by atomic mass is 31.2. The van der Waals surface area contributed by atoms with Gasteiger partial charge in [0.15, 0.2) is 0 Å². The summed E-state index contributed by atoms with van der Waals surface area (Å²) in [6, 6.07) is 0. The van der Waals surface area contributed by atoms with Gasteiger partial charge >= 0.3 is 0 Å². The Balaban J connectivity index is 3.40. The van der Waals surface area contributed by atoms with Crippen molar-refractivity contribution in [2.45, 2.75) is 70.5 Å². The van der Waals surface area contributed by atoms with E-state index in [4.69, 9.17) is 18.9 Å². The Morgan fingerprint density at radius 1 is 1.10 bits per heavy atom. The van der Waals surface area contributed by atoms with Crippen LogP contribution in [0.2, 0.25) is 5.82 Å². The predicted molar refractivity (Wildman–Crippen MR) is 144 cm³/mol. The topological polar surface area (TPSA) is 49.7 Å². The molecule has 0 saturated heterocycles. The van der Waals surface area contributed by atoms with E-state index in [1.807, 2.05) is 0 Å². The van der Waals surface area contributed by atoms with E-state index in [2.05, 4.69) is 60.5 Å². The zero-order valence-electron chi connectivity index (χ0n) is 19.8. The third-order valence-electron chi connectivity index (χ3n) is 7.13. The van der Waals surface area contributed by atoms with Crippen LogP contribution in [0.3, 0.4) is 0 Å². The van der Waals surface area contributed by atoms with E-state index in [9.17, 15) is 10.2 Å². The number of rotatable bonds is 10. The summed E-state index contributed by atoms with van der Waals surface area (Å²) in [5.74, 6) is 1.30. The van der Waals surface area contributed by atoms with Crippen LogP contribution in [0.5, 0.6) is 0 Å². The molecule has 2 N–H and O–H groups in total. The molecule has 2 radical (unpaired) electrons. The first kappa shape index (κ1) is 27.6. The van der Waals surface area contributed by atoms with Crippen molar-refractivity contribution in [3.8, 4) is 0 Å². The highest BCUT2D eigenvalue weighted by Crippen LogP contribution is 2.73. The molecule has 0 spiro atoms. The second-order valence-electron chi connectivity index (χ2n) is 10.0. The molecule has 1 aliphatic carbocycles. The molecule has 6 atom stereocenters. The van der Waals surface area contributed by atoms with Gasteiger partial charge in [-0.3, -0.25) is 0 Å². The van der Waals surface area contributed by atoms with E-state index < -0.39 is 49.6 Å². The first-order chi connectivity index (χ1) is 12.9. The Kier molecular flexibility index (Phi) is 8.78. The molecule has 1 fully saturated rings. The van der Waals surface area contributed by atoms with Crippen LogP contribution in [-0.4, -0.2) is 97.1 Å². The van der Waals surface area contributed by atoms with Gasteiger partial charge in [0.05, 0.1) is 18.8 Å². The summed E-state index contributed by atoms with van der Waals surface area (Å²) >= 11 is 0. The van der Waals surface area contributed by atoms with Crippen LogP contribution in [0.15, 0.2) is 12.2 Å². The van der Waals surface area contributed by atoms with Crippen molar-refractivity contribution in [3.05, 3.63) is 12.2 Å². The van der Waals surface area contributed by atoms with Crippen molar-refractivity contribution >= 4 is 47.4 Å². The van der Waals surface area contributed by atoms with E-state index in [0.29, 0.717) is 5.57 Å². The van der Waals surface area contributed by atoms with Crippen molar-refractivity contribution in [3.63, 3.8) is 0 Å². The van der Waals surface area contributed by atoms with Crippen molar-refractivity contribution < 1.29 is 14.9 Å². The lowest BCUT2D eigenvalue weighted by Crippen LogP contribution is -2.44. The van der Waals surface area contributed by atoms with Crippen LogP contribution >= 0.6 is 20.7 Å². The monoisotopic (exact) mass is 460 g/mol. The van der Waals surface area contributed by atoms with Gasteiger partial charge in [-0.05, 0) is 69.1 Å². The van der Waals surface area contributed by atoms with Gasteiger partial charge in [-0.1, -0.05) is 40.5 Å². The fourth-order valence-corrected chi connectivity index (χ4v) is 20.8.